The minimum absolute atomic E-state index is 0.360. The van der Waals surface area contributed by atoms with E-state index in [2.05, 4.69) is 27.7 Å². The second kappa shape index (κ2) is 18.2. The fraction of sp³-hybridized carbons (Fsp3) is 1.00. The molecule has 7 nitrogen and oxygen atoms in total. The first-order valence-electron chi connectivity index (χ1n) is 12.4. The van der Waals surface area contributed by atoms with Gasteiger partial charge in [0.1, 0.15) is 30.5 Å². The first-order chi connectivity index (χ1) is 15.1. The van der Waals surface area contributed by atoms with Crippen LogP contribution in [-0.2, 0) is 28.4 Å². The minimum atomic E-state index is -0.980. The van der Waals surface area contributed by atoms with Gasteiger partial charge in [0, 0.05) is 33.5 Å². The number of hydrogen-bond acceptors (Lipinski definition) is 7. The molecule has 1 aliphatic rings. The number of unbranched alkanes of at least 4 members (excludes halogenated alkanes) is 4. The summed E-state index contributed by atoms with van der Waals surface area (Å²) < 4.78 is 36.4. The predicted octanol–water partition coefficient (Wildman–Crippen LogP) is 4.09. The molecule has 0 aromatic carbocycles. The number of ether oxygens (including phenoxy) is 6. The summed E-state index contributed by atoms with van der Waals surface area (Å²) in [5.74, 6) is 0. The van der Waals surface area contributed by atoms with Crippen LogP contribution >= 0.6 is 0 Å². The van der Waals surface area contributed by atoms with E-state index in [0.29, 0.717) is 33.0 Å². The standard InChI is InChI=1S/C24H48O7/c1-6-10-14-27-18-19-21(28-15-11-7-2)23(30-17-13-9-4)22(29-16-12-8-3)20(25)24(26-5)31-19/h19-25H,6-18H2,1-5H3/t19-,20+,21-,22+,23+,24+/m1/s1. The van der Waals surface area contributed by atoms with E-state index in [0.717, 1.165) is 51.4 Å². The van der Waals surface area contributed by atoms with E-state index in [4.69, 9.17) is 28.4 Å². The van der Waals surface area contributed by atoms with E-state index in [1.807, 2.05) is 0 Å². The highest BCUT2D eigenvalue weighted by Gasteiger charge is 2.48. The molecule has 0 aliphatic carbocycles. The fourth-order valence-corrected chi connectivity index (χ4v) is 3.53. The minimum Gasteiger partial charge on any atom is -0.385 e. The Morgan fingerprint density at radius 3 is 1.68 bits per heavy atom. The van der Waals surface area contributed by atoms with Crippen molar-refractivity contribution in [3.05, 3.63) is 0 Å². The van der Waals surface area contributed by atoms with E-state index in [9.17, 15) is 5.11 Å². The summed E-state index contributed by atoms with van der Waals surface area (Å²) in [5.41, 5.74) is 0. The van der Waals surface area contributed by atoms with Crippen LogP contribution in [0.5, 0.6) is 0 Å². The third-order valence-corrected chi connectivity index (χ3v) is 5.52. The number of methoxy groups -OCH3 is 1. The molecule has 0 saturated carbocycles. The van der Waals surface area contributed by atoms with Gasteiger partial charge >= 0.3 is 0 Å². The van der Waals surface area contributed by atoms with E-state index in [1.165, 1.54) is 7.11 Å². The topological polar surface area (TPSA) is 75.6 Å². The number of aliphatic hydroxyl groups is 1. The van der Waals surface area contributed by atoms with Gasteiger partial charge in [-0.05, 0) is 25.7 Å². The van der Waals surface area contributed by atoms with Gasteiger partial charge in [-0.25, -0.2) is 0 Å². The van der Waals surface area contributed by atoms with Crippen molar-refractivity contribution in [1.82, 2.24) is 0 Å². The van der Waals surface area contributed by atoms with Gasteiger partial charge in [0.05, 0.1) is 6.61 Å². The molecule has 186 valence electrons. The van der Waals surface area contributed by atoms with Crippen LogP contribution in [-0.4, -0.2) is 82.1 Å². The van der Waals surface area contributed by atoms with Gasteiger partial charge in [-0.2, -0.15) is 0 Å². The lowest BCUT2D eigenvalue weighted by Crippen LogP contribution is -2.52. The van der Waals surface area contributed by atoms with Crippen molar-refractivity contribution in [2.75, 3.05) is 40.1 Å². The molecule has 1 fully saturated rings. The van der Waals surface area contributed by atoms with Gasteiger partial charge in [0.2, 0.25) is 0 Å². The molecule has 1 rings (SSSR count). The van der Waals surface area contributed by atoms with E-state index >= 15 is 0 Å². The fourth-order valence-electron chi connectivity index (χ4n) is 3.53. The molecule has 0 unspecified atom stereocenters. The molecule has 1 heterocycles. The zero-order valence-corrected chi connectivity index (χ0v) is 20.6. The summed E-state index contributed by atoms with van der Waals surface area (Å²) in [4.78, 5) is 0. The van der Waals surface area contributed by atoms with E-state index < -0.39 is 36.8 Å². The van der Waals surface area contributed by atoms with E-state index in [-0.39, 0.29) is 0 Å². The summed E-state index contributed by atoms with van der Waals surface area (Å²) in [5, 5.41) is 11.1. The number of aliphatic hydroxyl groups excluding tert-OH is 1. The Labute approximate surface area is 190 Å². The van der Waals surface area contributed by atoms with Crippen molar-refractivity contribution in [3.8, 4) is 0 Å². The number of hydrogen-bond donors (Lipinski definition) is 1. The van der Waals surface area contributed by atoms with Crippen molar-refractivity contribution in [2.24, 2.45) is 0 Å². The first-order valence-corrected chi connectivity index (χ1v) is 12.4. The summed E-state index contributed by atoms with van der Waals surface area (Å²) in [6.45, 7) is 11.3. The molecular formula is C24H48O7. The Balaban J connectivity index is 3.12. The van der Waals surface area contributed by atoms with Crippen LogP contribution in [0.1, 0.15) is 79.1 Å². The molecule has 0 spiro atoms. The lowest BCUT2D eigenvalue weighted by atomic mass is 9.99. The maximum atomic E-state index is 11.1. The Kier molecular flexibility index (Phi) is 16.9. The molecular weight excluding hydrogens is 400 g/mol. The van der Waals surface area contributed by atoms with Crippen molar-refractivity contribution in [2.45, 2.75) is 116 Å². The third kappa shape index (κ3) is 10.5. The molecule has 1 N–H and O–H groups in total. The van der Waals surface area contributed by atoms with Crippen LogP contribution in [0.15, 0.2) is 0 Å². The highest BCUT2D eigenvalue weighted by Crippen LogP contribution is 2.29. The van der Waals surface area contributed by atoms with Gasteiger partial charge < -0.3 is 33.5 Å². The zero-order chi connectivity index (χ0) is 22.9. The molecule has 0 radical (unpaired) electrons. The molecule has 6 atom stereocenters. The zero-order valence-electron chi connectivity index (χ0n) is 20.6. The average Bonchev–Trinajstić information content (AvgIpc) is 2.87. The SMILES string of the molecule is CCCCOC[C@H]1O[C@H](OC)[C@@H](O)[C@H](OCCCC)[C@@H](OCCCC)[C@@H]1OCCCC. The second-order valence-corrected chi connectivity index (χ2v) is 8.26. The van der Waals surface area contributed by atoms with Crippen LogP contribution < -0.4 is 0 Å². The molecule has 0 amide bonds. The summed E-state index contributed by atoms with van der Waals surface area (Å²) in [6, 6.07) is 0. The molecule has 31 heavy (non-hydrogen) atoms. The quantitative estimate of drug-likeness (QED) is 0.317. The maximum absolute atomic E-state index is 11.1. The smallest absolute Gasteiger partial charge is 0.186 e. The van der Waals surface area contributed by atoms with E-state index in [1.54, 1.807) is 0 Å². The molecule has 1 aliphatic heterocycles. The monoisotopic (exact) mass is 448 g/mol. The van der Waals surface area contributed by atoms with Crippen molar-refractivity contribution in [3.63, 3.8) is 0 Å². The normalized spacial score (nSPS) is 29.2. The third-order valence-electron chi connectivity index (χ3n) is 5.52. The van der Waals surface area contributed by atoms with Crippen molar-refractivity contribution in [1.29, 1.82) is 0 Å². The highest BCUT2D eigenvalue weighted by atomic mass is 16.7. The largest absolute Gasteiger partial charge is 0.385 e. The first kappa shape index (κ1) is 28.8. The maximum Gasteiger partial charge on any atom is 0.186 e. The summed E-state index contributed by atoms with van der Waals surface area (Å²) in [7, 11) is 1.54. The van der Waals surface area contributed by atoms with Crippen LogP contribution in [0, 0.1) is 0 Å². The summed E-state index contributed by atoms with van der Waals surface area (Å²) >= 11 is 0. The van der Waals surface area contributed by atoms with Gasteiger partial charge in [-0.3, -0.25) is 0 Å². The predicted molar refractivity (Wildman–Crippen MR) is 121 cm³/mol. The Hall–Kier alpha value is -0.280. The van der Waals surface area contributed by atoms with Crippen molar-refractivity contribution >= 4 is 0 Å². The van der Waals surface area contributed by atoms with Gasteiger partial charge in [0.25, 0.3) is 0 Å². The molecule has 0 aromatic heterocycles. The second-order valence-electron chi connectivity index (χ2n) is 8.26. The van der Waals surface area contributed by atoms with Gasteiger partial charge in [-0.15, -0.1) is 0 Å². The number of rotatable bonds is 18. The van der Waals surface area contributed by atoms with Gasteiger partial charge in [0.15, 0.2) is 6.29 Å². The molecule has 1 saturated heterocycles. The lowest BCUT2D eigenvalue weighted by Gasteiger charge is -2.35. The van der Waals surface area contributed by atoms with Crippen LogP contribution in [0.25, 0.3) is 0 Å². The van der Waals surface area contributed by atoms with Crippen molar-refractivity contribution < 1.29 is 33.5 Å². The van der Waals surface area contributed by atoms with Crippen LogP contribution in [0.2, 0.25) is 0 Å². The highest BCUT2D eigenvalue weighted by molar-refractivity contribution is 4.94. The Bertz CT molecular complexity index is 409. The molecule has 0 aromatic rings. The molecule has 7 heteroatoms. The Morgan fingerprint density at radius 2 is 1.16 bits per heavy atom. The average molecular weight is 449 g/mol. The lowest BCUT2D eigenvalue weighted by molar-refractivity contribution is -0.229. The molecule has 0 bridgehead atoms. The summed E-state index contributed by atoms with van der Waals surface area (Å²) in [6.07, 6.45) is 4.22. The van der Waals surface area contributed by atoms with Crippen LogP contribution in [0.4, 0.5) is 0 Å². The van der Waals surface area contributed by atoms with Gasteiger partial charge in [-0.1, -0.05) is 53.4 Å². The Morgan fingerprint density at radius 1 is 0.677 bits per heavy atom. The van der Waals surface area contributed by atoms with Crippen LogP contribution in [0.3, 0.4) is 0 Å².